The summed E-state index contributed by atoms with van der Waals surface area (Å²) in [7, 11) is 0. The summed E-state index contributed by atoms with van der Waals surface area (Å²) in [5, 5.41) is 10.4. The maximum atomic E-state index is 12.9. The molecule has 0 heterocycles. The van der Waals surface area contributed by atoms with Crippen LogP contribution in [0.3, 0.4) is 0 Å². The third kappa shape index (κ3) is 6.61. The average molecular weight is 629 g/mol. The molecule has 0 radical (unpaired) electrons. The van der Waals surface area contributed by atoms with Gasteiger partial charge in [0.2, 0.25) is 5.91 Å². The molecule has 46 heavy (non-hydrogen) atoms. The third-order valence-corrected chi connectivity index (χ3v) is 12.7. The van der Waals surface area contributed by atoms with Gasteiger partial charge in [0.1, 0.15) is 0 Å². The van der Waals surface area contributed by atoms with Crippen LogP contribution in [0.2, 0.25) is 0 Å². The smallest absolute Gasteiger partial charge is 0.271 e. The Morgan fingerprint density at radius 1 is 0.913 bits per heavy atom. The molecule has 250 valence electrons. The average Bonchev–Trinajstić information content (AvgIpc) is 3.40. The van der Waals surface area contributed by atoms with Crippen molar-refractivity contribution in [1.29, 1.82) is 0 Å². The van der Waals surface area contributed by atoms with Crippen molar-refractivity contribution in [3.8, 4) is 0 Å². The van der Waals surface area contributed by atoms with Gasteiger partial charge < -0.3 is 10.6 Å². The Bertz CT molecular complexity index is 1410. The Hall–Kier alpha value is -3.22. The highest BCUT2D eigenvalue weighted by Crippen LogP contribution is 2.67. The summed E-state index contributed by atoms with van der Waals surface area (Å²) in [4.78, 5) is 37.7. The van der Waals surface area contributed by atoms with Gasteiger partial charge in [-0.25, -0.2) is 5.43 Å². The maximum Gasteiger partial charge on any atom is 0.271 e. The van der Waals surface area contributed by atoms with Gasteiger partial charge in [0.25, 0.3) is 11.8 Å². The molecule has 7 nitrogen and oxygen atoms in total. The lowest BCUT2D eigenvalue weighted by atomic mass is 9.46. The van der Waals surface area contributed by atoms with Crippen molar-refractivity contribution in [3.05, 3.63) is 59.2 Å². The summed E-state index contributed by atoms with van der Waals surface area (Å²) in [5.74, 6) is 2.58. The van der Waals surface area contributed by atoms with E-state index in [1.54, 1.807) is 24.3 Å². The molecule has 3 amide bonds. The second kappa shape index (κ2) is 13.5. The van der Waals surface area contributed by atoms with E-state index in [9.17, 15) is 14.4 Å². The first-order chi connectivity index (χ1) is 21.8. The van der Waals surface area contributed by atoms with Crippen LogP contribution in [0, 0.1) is 39.9 Å². The molecule has 0 saturated heterocycles. The number of nitrogens with one attached hydrogen (secondary N) is 3. The molecule has 0 aliphatic heterocycles. The molecule has 4 aliphatic carbocycles. The van der Waals surface area contributed by atoms with E-state index in [4.69, 9.17) is 0 Å². The topological polar surface area (TPSA) is 99.7 Å². The summed E-state index contributed by atoms with van der Waals surface area (Å²) in [6.07, 6.45) is 13.3. The molecule has 0 bridgehead atoms. The predicted molar refractivity (Wildman–Crippen MR) is 185 cm³/mol. The Morgan fingerprint density at radius 3 is 2.26 bits per heavy atom. The number of rotatable bonds is 10. The Labute approximate surface area is 276 Å². The van der Waals surface area contributed by atoms with Crippen LogP contribution in [-0.2, 0) is 4.79 Å². The molecular formula is C39H56N4O3. The minimum absolute atomic E-state index is 0.0271. The van der Waals surface area contributed by atoms with Crippen LogP contribution < -0.4 is 16.1 Å². The summed E-state index contributed by atoms with van der Waals surface area (Å²) in [5.41, 5.74) is 7.83. The number of benzene rings is 1. The monoisotopic (exact) mass is 628 g/mol. The molecule has 1 aromatic carbocycles. The fourth-order valence-corrected chi connectivity index (χ4v) is 9.42. The van der Waals surface area contributed by atoms with Crippen molar-refractivity contribution in [2.75, 3.05) is 13.1 Å². The molecule has 3 saturated carbocycles. The van der Waals surface area contributed by atoms with Crippen molar-refractivity contribution in [1.82, 2.24) is 16.1 Å². The van der Waals surface area contributed by atoms with Crippen LogP contribution in [0.15, 0.2) is 53.2 Å². The second-order valence-corrected chi connectivity index (χ2v) is 15.7. The van der Waals surface area contributed by atoms with Crippen molar-refractivity contribution in [2.24, 2.45) is 45.0 Å². The van der Waals surface area contributed by atoms with Crippen LogP contribution in [0.25, 0.3) is 0 Å². The van der Waals surface area contributed by atoms with Crippen molar-refractivity contribution < 1.29 is 14.4 Å². The van der Waals surface area contributed by atoms with E-state index >= 15 is 0 Å². The molecule has 1 aromatic rings. The van der Waals surface area contributed by atoms with Gasteiger partial charge in [-0.1, -0.05) is 52.3 Å². The standard InChI is InChI=1S/C39H56N4O3/c1-8-37(4,5)36(46)41-23-9-22-40-34(44)26-10-12-27(13-11-26)35(45)43-42-29-18-20-38(6)28(24-29)14-15-30-32-17-16-31(25(2)3)39(32,7)21-19-33(30)38/h10-13,24,30-33H,2,8-9,14-23H2,1,3-7H3,(H,40,44)(H,41,46)(H,43,45)/t30-,31+,32-,33-,38-,39+/m0/s1. The van der Waals surface area contributed by atoms with Gasteiger partial charge in [0, 0.05) is 29.6 Å². The minimum atomic E-state index is -0.388. The molecule has 3 N–H and O–H groups in total. The van der Waals surface area contributed by atoms with E-state index in [0.717, 1.165) is 49.1 Å². The number of allylic oxidation sites excluding steroid dienone is 3. The lowest BCUT2D eigenvalue weighted by Gasteiger charge is -2.58. The quantitative estimate of drug-likeness (QED) is 0.141. The first-order valence-corrected chi connectivity index (χ1v) is 17.7. The van der Waals surface area contributed by atoms with Crippen LogP contribution >= 0.6 is 0 Å². The number of carbonyl (C=O) groups excluding carboxylic acids is 3. The molecule has 0 unspecified atom stereocenters. The van der Waals surface area contributed by atoms with Crippen LogP contribution in [0.5, 0.6) is 0 Å². The van der Waals surface area contributed by atoms with E-state index in [1.165, 1.54) is 43.3 Å². The molecule has 3 fully saturated rings. The van der Waals surface area contributed by atoms with Crippen molar-refractivity contribution in [3.63, 3.8) is 0 Å². The van der Waals surface area contributed by atoms with Gasteiger partial charge in [-0.3, -0.25) is 14.4 Å². The number of fused-ring (bicyclic) bond motifs is 5. The molecule has 4 aliphatic rings. The zero-order valence-electron chi connectivity index (χ0n) is 29.1. The second-order valence-electron chi connectivity index (χ2n) is 15.7. The molecule has 5 rings (SSSR count). The summed E-state index contributed by atoms with van der Waals surface area (Å²) < 4.78 is 0. The maximum absolute atomic E-state index is 12.9. The van der Waals surface area contributed by atoms with Crippen LogP contribution in [-0.4, -0.2) is 36.5 Å². The van der Waals surface area contributed by atoms with Crippen LogP contribution in [0.4, 0.5) is 0 Å². The van der Waals surface area contributed by atoms with E-state index in [2.05, 4.69) is 54.6 Å². The summed E-state index contributed by atoms with van der Waals surface area (Å²) >= 11 is 0. The van der Waals surface area contributed by atoms with E-state index in [1.807, 2.05) is 20.8 Å². The van der Waals surface area contributed by atoms with E-state index < -0.39 is 0 Å². The van der Waals surface area contributed by atoms with E-state index in [-0.39, 0.29) is 28.6 Å². The largest absolute Gasteiger partial charge is 0.356 e. The highest BCUT2D eigenvalue weighted by Gasteiger charge is 2.58. The zero-order valence-corrected chi connectivity index (χ0v) is 29.1. The van der Waals surface area contributed by atoms with Gasteiger partial charge in [0.15, 0.2) is 0 Å². The molecule has 7 heteroatoms. The van der Waals surface area contributed by atoms with Crippen LogP contribution in [0.1, 0.15) is 126 Å². The Kier molecular flexibility index (Phi) is 10.0. The Balaban J connectivity index is 1.12. The number of nitrogens with zero attached hydrogens (tertiary/aromatic N) is 1. The predicted octanol–water partition coefficient (Wildman–Crippen LogP) is 7.60. The highest BCUT2D eigenvalue weighted by atomic mass is 16.2. The summed E-state index contributed by atoms with van der Waals surface area (Å²) in [6, 6.07) is 6.64. The Morgan fingerprint density at radius 2 is 1.59 bits per heavy atom. The third-order valence-electron chi connectivity index (χ3n) is 12.7. The number of carbonyl (C=O) groups is 3. The normalized spacial score (nSPS) is 31.2. The molecule has 0 spiro atoms. The van der Waals surface area contributed by atoms with Crippen molar-refractivity contribution >= 4 is 23.4 Å². The zero-order chi connectivity index (χ0) is 33.3. The SMILES string of the molecule is C=C(C)[C@H]1CC[C@H]2[C@@H]3CCC4=CC(=NNC(=O)c5ccc(C(=O)NCCCNC(=O)C(C)(C)CC)cc5)CC[C@]4(C)[C@H]3CC[C@]12C. The van der Waals surface area contributed by atoms with Gasteiger partial charge in [-0.05, 0) is 136 Å². The summed E-state index contributed by atoms with van der Waals surface area (Å²) in [6.45, 7) is 18.5. The van der Waals surface area contributed by atoms with Crippen molar-refractivity contribution in [2.45, 2.75) is 106 Å². The fraction of sp³-hybridized carbons (Fsp3) is 0.641. The highest BCUT2D eigenvalue weighted by molar-refractivity contribution is 6.00. The first kappa shape index (κ1) is 34.1. The van der Waals surface area contributed by atoms with Gasteiger partial charge in [-0.15, -0.1) is 0 Å². The first-order valence-electron chi connectivity index (χ1n) is 17.7. The molecular weight excluding hydrogens is 572 g/mol. The number of hydrogen-bond acceptors (Lipinski definition) is 4. The minimum Gasteiger partial charge on any atom is -0.356 e. The number of amides is 3. The lowest BCUT2D eigenvalue weighted by Crippen LogP contribution is -2.50. The molecule has 0 aromatic heterocycles. The van der Waals surface area contributed by atoms with Gasteiger partial charge >= 0.3 is 0 Å². The molecule has 6 atom stereocenters. The fourth-order valence-electron chi connectivity index (χ4n) is 9.42. The lowest BCUT2D eigenvalue weighted by molar-refractivity contribution is -0.129. The van der Waals surface area contributed by atoms with Gasteiger partial charge in [0.05, 0.1) is 5.71 Å². The van der Waals surface area contributed by atoms with Gasteiger partial charge in [-0.2, -0.15) is 5.10 Å². The number of hydrazone groups is 1. The van der Waals surface area contributed by atoms with E-state index in [0.29, 0.717) is 42.0 Å². The number of hydrogen-bond donors (Lipinski definition) is 3.